The second kappa shape index (κ2) is 8.08. The number of aryl methyl sites for hydroxylation is 1. The lowest BCUT2D eigenvalue weighted by Crippen LogP contribution is -2.27. The monoisotopic (exact) mass is 376 g/mol. The largest absolute Gasteiger partial charge is 0.457 e. The first kappa shape index (κ1) is 19.4. The summed E-state index contributed by atoms with van der Waals surface area (Å²) >= 11 is 0. The first-order valence-electron chi connectivity index (χ1n) is 9.07. The molecule has 0 saturated carbocycles. The third kappa shape index (κ3) is 5.54. The lowest BCUT2D eigenvalue weighted by Gasteiger charge is -2.21. The Bertz CT molecular complexity index is 949. The van der Waals surface area contributed by atoms with Crippen LogP contribution >= 0.6 is 0 Å². The number of anilines is 2. The average Bonchev–Trinajstić information content (AvgIpc) is 2.62. The Kier molecular flexibility index (Phi) is 5.59. The molecule has 3 aromatic rings. The molecule has 0 radical (unpaired) electrons. The molecule has 0 aliphatic carbocycles. The lowest BCUT2D eigenvalue weighted by atomic mass is 10.1. The SMILES string of the molecule is Cc1nc(NC(C)(C)C)cc(C(=O)Nc2ccc(Oc3ccccc3)cc2)n1. The summed E-state index contributed by atoms with van der Waals surface area (Å²) in [7, 11) is 0. The fourth-order valence-electron chi connectivity index (χ4n) is 2.56. The average molecular weight is 376 g/mol. The summed E-state index contributed by atoms with van der Waals surface area (Å²) in [6, 6.07) is 18.4. The normalized spacial score (nSPS) is 11.0. The van der Waals surface area contributed by atoms with E-state index in [4.69, 9.17) is 4.74 Å². The van der Waals surface area contributed by atoms with Crippen LogP contribution in [-0.4, -0.2) is 21.4 Å². The van der Waals surface area contributed by atoms with Crippen molar-refractivity contribution in [3.05, 3.63) is 72.2 Å². The zero-order chi connectivity index (χ0) is 20.1. The summed E-state index contributed by atoms with van der Waals surface area (Å²) in [4.78, 5) is 21.2. The van der Waals surface area contributed by atoms with Crippen molar-refractivity contribution in [2.24, 2.45) is 0 Å². The molecule has 1 heterocycles. The molecule has 0 bridgehead atoms. The highest BCUT2D eigenvalue weighted by atomic mass is 16.5. The minimum absolute atomic E-state index is 0.164. The van der Waals surface area contributed by atoms with Gasteiger partial charge in [0.25, 0.3) is 5.91 Å². The van der Waals surface area contributed by atoms with Crippen molar-refractivity contribution in [2.45, 2.75) is 33.2 Å². The molecule has 6 nitrogen and oxygen atoms in total. The van der Waals surface area contributed by atoms with Crippen molar-refractivity contribution in [1.82, 2.24) is 9.97 Å². The van der Waals surface area contributed by atoms with Crippen LogP contribution in [0.3, 0.4) is 0 Å². The van der Waals surface area contributed by atoms with Gasteiger partial charge in [-0.25, -0.2) is 9.97 Å². The summed E-state index contributed by atoms with van der Waals surface area (Å²) in [5, 5.41) is 6.12. The molecule has 1 aromatic heterocycles. The van der Waals surface area contributed by atoms with Crippen LogP contribution in [0.1, 0.15) is 37.1 Å². The van der Waals surface area contributed by atoms with E-state index in [-0.39, 0.29) is 11.4 Å². The van der Waals surface area contributed by atoms with Crippen LogP contribution in [0.5, 0.6) is 11.5 Å². The van der Waals surface area contributed by atoms with Gasteiger partial charge in [0.15, 0.2) is 0 Å². The van der Waals surface area contributed by atoms with Gasteiger partial charge in [-0.1, -0.05) is 18.2 Å². The molecule has 6 heteroatoms. The van der Waals surface area contributed by atoms with Gasteiger partial charge in [0.1, 0.15) is 28.8 Å². The van der Waals surface area contributed by atoms with Gasteiger partial charge in [0, 0.05) is 17.3 Å². The van der Waals surface area contributed by atoms with E-state index in [2.05, 4.69) is 20.6 Å². The van der Waals surface area contributed by atoms with E-state index in [1.807, 2.05) is 51.1 Å². The van der Waals surface area contributed by atoms with Crippen LogP contribution in [-0.2, 0) is 0 Å². The number of hydrogen-bond acceptors (Lipinski definition) is 5. The number of nitrogens with one attached hydrogen (secondary N) is 2. The summed E-state index contributed by atoms with van der Waals surface area (Å²) in [6.07, 6.45) is 0. The van der Waals surface area contributed by atoms with Crippen LogP contribution in [0, 0.1) is 6.92 Å². The molecule has 0 unspecified atom stereocenters. The van der Waals surface area contributed by atoms with E-state index >= 15 is 0 Å². The molecule has 0 aliphatic heterocycles. The van der Waals surface area contributed by atoms with Gasteiger partial charge >= 0.3 is 0 Å². The zero-order valence-electron chi connectivity index (χ0n) is 16.5. The molecule has 3 rings (SSSR count). The molecule has 0 fully saturated rings. The summed E-state index contributed by atoms with van der Waals surface area (Å²) in [5.41, 5.74) is 0.805. The number of benzene rings is 2. The minimum Gasteiger partial charge on any atom is -0.457 e. The number of aromatic nitrogens is 2. The van der Waals surface area contributed by atoms with Gasteiger partial charge in [0.05, 0.1) is 0 Å². The number of ether oxygens (including phenoxy) is 1. The number of carbonyl (C=O) groups excluding carboxylic acids is 1. The molecule has 0 saturated heterocycles. The van der Waals surface area contributed by atoms with E-state index in [0.717, 1.165) is 5.75 Å². The van der Waals surface area contributed by atoms with Gasteiger partial charge in [-0.2, -0.15) is 0 Å². The van der Waals surface area contributed by atoms with E-state index in [0.29, 0.717) is 28.8 Å². The maximum atomic E-state index is 12.6. The smallest absolute Gasteiger partial charge is 0.274 e. The molecule has 0 spiro atoms. The van der Waals surface area contributed by atoms with E-state index in [1.54, 1.807) is 37.3 Å². The van der Waals surface area contributed by atoms with Gasteiger partial charge in [0.2, 0.25) is 0 Å². The number of nitrogens with zero attached hydrogens (tertiary/aromatic N) is 2. The molecule has 2 aromatic carbocycles. The first-order chi connectivity index (χ1) is 13.3. The molecule has 0 atom stereocenters. The van der Waals surface area contributed by atoms with Crippen molar-refractivity contribution in [1.29, 1.82) is 0 Å². The fraction of sp³-hybridized carbons (Fsp3) is 0.227. The van der Waals surface area contributed by atoms with Crippen molar-refractivity contribution < 1.29 is 9.53 Å². The standard InChI is InChI=1S/C22H24N4O2/c1-15-23-19(14-20(24-15)26-22(2,3)4)21(27)25-16-10-12-18(13-11-16)28-17-8-6-5-7-9-17/h5-14H,1-4H3,(H,25,27)(H,23,24,26). The predicted octanol–water partition coefficient (Wildman–Crippen LogP) is 5.04. The van der Waals surface area contributed by atoms with Crippen molar-refractivity contribution >= 4 is 17.4 Å². The van der Waals surface area contributed by atoms with E-state index in [9.17, 15) is 4.79 Å². The third-order valence-corrected chi connectivity index (χ3v) is 3.66. The highest BCUT2D eigenvalue weighted by molar-refractivity contribution is 6.03. The summed E-state index contributed by atoms with van der Waals surface area (Å²) in [6.45, 7) is 7.86. The quantitative estimate of drug-likeness (QED) is 0.652. The van der Waals surface area contributed by atoms with Crippen LogP contribution < -0.4 is 15.4 Å². The molecular formula is C22H24N4O2. The molecular weight excluding hydrogens is 352 g/mol. The Hall–Kier alpha value is -3.41. The Balaban J connectivity index is 1.69. The van der Waals surface area contributed by atoms with E-state index in [1.165, 1.54) is 0 Å². The van der Waals surface area contributed by atoms with Gasteiger partial charge in [-0.3, -0.25) is 4.79 Å². The molecule has 1 amide bonds. The Morgan fingerprint density at radius 1 is 0.929 bits per heavy atom. The lowest BCUT2D eigenvalue weighted by molar-refractivity contribution is 0.102. The first-order valence-corrected chi connectivity index (χ1v) is 9.07. The second-order valence-corrected chi connectivity index (χ2v) is 7.45. The highest BCUT2D eigenvalue weighted by Gasteiger charge is 2.15. The predicted molar refractivity (Wildman–Crippen MR) is 111 cm³/mol. The second-order valence-electron chi connectivity index (χ2n) is 7.45. The highest BCUT2D eigenvalue weighted by Crippen LogP contribution is 2.23. The Labute approximate surface area is 165 Å². The van der Waals surface area contributed by atoms with Crippen LogP contribution in [0.25, 0.3) is 0 Å². The van der Waals surface area contributed by atoms with Gasteiger partial charge < -0.3 is 15.4 Å². The van der Waals surface area contributed by atoms with Crippen molar-refractivity contribution in [3.8, 4) is 11.5 Å². The Morgan fingerprint density at radius 2 is 1.57 bits per heavy atom. The third-order valence-electron chi connectivity index (χ3n) is 3.66. The number of amides is 1. The van der Waals surface area contributed by atoms with Crippen LogP contribution in [0.4, 0.5) is 11.5 Å². The van der Waals surface area contributed by atoms with Crippen LogP contribution in [0.15, 0.2) is 60.7 Å². The number of hydrogen-bond donors (Lipinski definition) is 2. The summed E-state index contributed by atoms with van der Waals surface area (Å²) < 4.78 is 5.76. The maximum Gasteiger partial charge on any atom is 0.274 e. The minimum atomic E-state index is -0.292. The van der Waals surface area contributed by atoms with Crippen molar-refractivity contribution in [2.75, 3.05) is 10.6 Å². The van der Waals surface area contributed by atoms with Gasteiger partial charge in [-0.15, -0.1) is 0 Å². The number of para-hydroxylation sites is 1. The Morgan fingerprint density at radius 3 is 2.21 bits per heavy atom. The molecule has 28 heavy (non-hydrogen) atoms. The van der Waals surface area contributed by atoms with Gasteiger partial charge in [-0.05, 0) is 64.1 Å². The van der Waals surface area contributed by atoms with E-state index < -0.39 is 0 Å². The zero-order valence-corrected chi connectivity index (χ0v) is 16.5. The number of carbonyl (C=O) groups is 1. The topological polar surface area (TPSA) is 76.1 Å². The van der Waals surface area contributed by atoms with Crippen molar-refractivity contribution in [3.63, 3.8) is 0 Å². The summed E-state index contributed by atoms with van der Waals surface area (Å²) in [5.74, 6) is 2.32. The number of rotatable bonds is 5. The molecule has 144 valence electrons. The maximum absolute atomic E-state index is 12.6. The van der Waals surface area contributed by atoms with Crippen LogP contribution in [0.2, 0.25) is 0 Å². The fourth-order valence-corrected chi connectivity index (χ4v) is 2.56. The molecule has 2 N–H and O–H groups in total. The molecule has 0 aliphatic rings.